The van der Waals surface area contributed by atoms with Crippen LogP contribution in [0, 0.1) is 0 Å². The van der Waals surface area contributed by atoms with Crippen molar-refractivity contribution >= 4 is 51.1 Å². The number of unbranched alkanes of at least 4 members (excludes halogenated alkanes) is 1. The number of halogens is 2. The number of quaternary nitrogens is 1. The Labute approximate surface area is 172 Å². The number of hydrogen-bond donors (Lipinski definition) is 0. The Kier molecular flexibility index (Phi) is 6.33. The molecule has 0 spiro atoms. The number of amides is 1. The highest BCUT2D eigenvalue weighted by Crippen LogP contribution is 2.49. The van der Waals surface area contributed by atoms with Crippen LogP contribution in [0.15, 0.2) is 47.4 Å². The van der Waals surface area contributed by atoms with Gasteiger partial charge in [0.15, 0.2) is 11.4 Å². The van der Waals surface area contributed by atoms with Crippen molar-refractivity contribution in [3.05, 3.63) is 53.1 Å². The summed E-state index contributed by atoms with van der Waals surface area (Å²) < 4.78 is 6.11. The molecule has 1 aliphatic heterocycles. The van der Waals surface area contributed by atoms with Gasteiger partial charge in [0.25, 0.3) is 0 Å². The molecule has 2 aromatic rings. The highest BCUT2D eigenvalue weighted by molar-refractivity contribution is 9.09. The van der Waals surface area contributed by atoms with Gasteiger partial charge in [-0.2, -0.15) is 3.89 Å². The molecule has 0 saturated carbocycles. The van der Waals surface area contributed by atoms with Gasteiger partial charge in [-0.15, -0.1) is 0 Å². The van der Waals surface area contributed by atoms with E-state index >= 15 is 0 Å². The first-order chi connectivity index (χ1) is 12.5. The summed E-state index contributed by atoms with van der Waals surface area (Å²) in [6, 6.07) is 13.6. The average Bonchev–Trinajstić information content (AvgIpc) is 2.64. The van der Waals surface area contributed by atoms with Crippen LogP contribution in [0.5, 0.6) is 5.75 Å². The number of benzene rings is 2. The standard InChI is InChI=1S/C20H22BrClNO2S/c1-14-16-7-3-4-8-19(16)26-23(2,20(14)24)17-13-15(22)9-10-18(17)25-12-6-5-11-21/h3-4,7-10,13-14H,5-6,11-12H2,1-2H3/q+1. The van der Waals surface area contributed by atoms with Crippen LogP contribution in [-0.4, -0.2) is 24.9 Å². The Bertz CT molecular complexity index is 816. The molecule has 0 radical (unpaired) electrons. The van der Waals surface area contributed by atoms with Gasteiger partial charge in [-0.25, -0.2) is 4.79 Å². The van der Waals surface area contributed by atoms with Gasteiger partial charge < -0.3 is 4.74 Å². The van der Waals surface area contributed by atoms with E-state index in [1.165, 1.54) is 11.9 Å². The Morgan fingerprint density at radius 2 is 2.00 bits per heavy atom. The lowest BCUT2D eigenvalue weighted by atomic mass is 9.99. The summed E-state index contributed by atoms with van der Waals surface area (Å²) in [7, 11) is 1.93. The molecule has 138 valence electrons. The Hall–Kier alpha value is -1.01. The van der Waals surface area contributed by atoms with Crippen LogP contribution in [0.25, 0.3) is 0 Å². The summed E-state index contributed by atoms with van der Waals surface area (Å²) in [6.07, 6.45) is 2.00. The van der Waals surface area contributed by atoms with Crippen LogP contribution >= 0.6 is 39.5 Å². The van der Waals surface area contributed by atoms with Crippen molar-refractivity contribution < 1.29 is 9.53 Å². The van der Waals surface area contributed by atoms with E-state index in [2.05, 4.69) is 22.0 Å². The number of carbonyl (C=O) groups is 1. The maximum atomic E-state index is 13.3. The molecule has 0 bridgehead atoms. The monoisotopic (exact) mass is 454 g/mol. The number of likely N-dealkylation sites (N-methyl/N-ethyl adjacent to an activating group) is 1. The zero-order valence-corrected chi connectivity index (χ0v) is 18.0. The van der Waals surface area contributed by atoms with E-state index in [1.807, 2.05) is 50.4 Å². The molecule has 3 nitrogen and oxygen atoms in total. The summed E-state index contributed by atoms with van der Waals surface area (Å²) >= 11 is 11.2. The first-order valence-electron chi connectivity index (χ1n) is 8.65. The molecule has 0 N–H and O–H groups in total. The van der Waals surface area contributed by atoms with E-state index in [0.29, 0.717) is 11.6 Å². The summed E-state index contributed by atoms with van der Waals surface area (Å²) in [4.78, 5) is 14.4. The Morgan fingerprint density at radius 3 is 2.77 bits per heavy atom. The van der Waals surface area contributed by atoms with Crippen LogP contribution in [0.1, 0.15) is 31.2 Å². The number of rotatable bonds is 6. The number of alkyl halides is 1. The zero-order chi connectivity index (χ0) is 18.7. The number of hydrogen-bond acceptors (Lipinski definition) is 3. The Morgan fingerprint density at radius 1 is 1.23 bits per heavy atom. The molecule has 1 aliphatic rings. The minimum absolute atomic E-state index is 0.0898. The molecule has 2 unspecified atom stereocenters. The summed E-state index contributed by atoms with van der Waals surface area (Å²) in [5, 5.41) is 1.56. The molecule has 0 fully saturated rings. The van der Waals surface area contributed by atoms with Crippen molar-refractivity contribution in [2.24, 2.45) is 0 Å². The molecule has 0 aromatic heterocycles. The smallest absolute Gasteiger partial charge is 0.337 e. The van der Waals surface area contributed by atoms with Crippen molar-refractivity contribution in [2.45, 2.75) is 30.6 Å². The first-order valence-corrected chi connectivity index (χ1v) is 10.9. The largest absolute Gasteiger partial charge is 0.487 e. The van der Waals surface area contributed by atoms with Gasteiger partial charge in [0.05, 0.1) is 24.5 Å². The van der Waals surface area contributed by atoms with Gasteiger partial charge in [-0.3, -0.25) is 0 Å². The predicted molar refractivity (Wildman–Crippen MR) is 113 cm³/mol. The third-order valence-electron chi connectivity index (χ3n) is 4.62. The maximum absolute atomic E-state index is 13.3. The third kappa shape index (κ3) is 3.81. The number of nitrogens with zero attached hydrogens (tertiary/aromatic N) is 1. The van der Waals surface area contributed by atoms with E-state index in [-0.39, 0.29) is 15.7 Å². The number of fused-ring (bicyclic) bond motifs is 1. The average molecular weight is 456 g/mol. The second-order valence-electron chi connectivity index (χ2n) is 6.47. The lowest BCUT2D eigenvalue weighted by Gasteiger charge is -2.36. The molecule has 3 rings (SSSR count). The molecular formula is C20H22BrClNO2S+. The Balaban J connectivity index is 1.99. The molecule has 2 atom stereocenters. The van der Waals surface area contributed by atoms with Crippen molar-refractivity contribution in [2.75, 3.05) is 19.0 Å². The molecule has 1 heterocycles. The van der Waals surface area contributed by atoms with Gasteiger partial charge in [0.2, 0.25) is 0 Å². The second-order valence-corrected chi connectivity index (χ2v) is 9.05. The van der Waals surface area contributed by atoms with Crippen molar-refractivity contribution in [1.29, 1.82) is 0 Å². The van der Waals surface area contributed by atoms with Gasteiger partial charge in [0, 0.05) is 16.4 Å². The van der Waals surface area contributed by atoms with Crippen molar-refractivity contribution in [3.8, 4) is 5.75 Å². The molecule has 2 aromatic carbocycles. The van der Waals surface area contributed by atoms with Crippen LogP contribution in [0.2, 0.25) is 5.02 Å². The van der Waals surface area contributed by atoms with E-state index in [9.17, 15) is 4.79 Å². The lowest BCUT2D eigenvalue weighted by Crippen LogP contribution is -2.48. The fourth-order valence-electron chi connectivity index (χ4n) is 3.16. The third-order valence-corrected chi connectivity index (χ3v) is 6.73. The van der Waals surface area contributed by atoms with Gasteiger partial charge >= 0.3 is 5.91 Å². The second kappa shape index (κ2) is 8.34. The lowest BCUT2D eigenvalue weighted by molar-refractivity contribution is -0.126. The number of ether oxygens (including phenoxy) is 1. The minimum atomic E-state index is -0.183. The molecule has 26 heavy (non-hydrogen) atoms. The molecule has 6 heteroatoms. The molecule has 0 aliphatic carbocycles. The van der Waals surface area contributed by atoms with Crippen molar-refractivity contribution in [3.63, 3.8) is 0 Å². The van der Waals surface area contributed by atoms with Gasteiger partial charge in [-0.1, -0.05) is 45.7 Å². The quantitative estimate of drug-likeness (QED) is 0.225. The predicted octanol–water partition coefficient (Wildman–Crippen LogP) is 6.18. The topological polar surface area (TPSA) is 26.3 Å². The van der Waals surface area contributed by atoms with E-state index in [1.54, 1.807) is 0 Å². The SMILES string of the molecule is CC1C(=O)[N+](C)(c2cc(Cl)ccc2OCCCCBr)Sc2ccccc21. The number of carbonyl (C=O) groups excluding carboxylic acids is 1. The minimum Gasteiger partial charge on any atom is -0.487 e. The van der Waals surface area contributed by atoms with Gasteiger partial charge in [0.1, 0.15) is 11.9 Å². The summed E-state index contributed by atoms with van der Waals surface area (Å²) in [6.45, 7) is 2.59. The molecular weight excluding hydrogens is 434 g/mol. The maximum Gasteiger partial charge on any atom is 0.337 e. The highest BCUT2D eigenvalue weighted by Gasteiger charge is 2.47. The van der Waals surface area contributed by atoms with Crippen LogP contribution < -0.4 is 8.63 Å². The fourth-order valence-corrected chi connectivity index (χ4v) is 5.09. The first kappa shape index (κ1) is 19.7. The van der Waals surface area contributed by atoms with E-state index in [4.69, 9.17) is 16.3 Å². The summed E-state index contributed by atoms with van der Waals surface area (Å²) in [5.74, 6) is 0.665. The molecule has 0 saturated heterocycles. The van der Waals surface area contributed by atoms with E-state index in [0.717, 1.165) is 40.1 Å². The fraction of sp³-hybridized carbons (Fsp3) is 0.350. The van der Waals surface area contributed by atoms with Crippen LogP contribution in [0.3, 0.4) is 0 Å². The van der Waals surface area contributed by atoms with Gasteiger partial charge in [-0.05, 0) is 43.5 Å². The van der Waals surface area contributed by atoms with E-state index < -0.39 is 0 Å². The zero-order valence-electron chi connectivity index (χ0n) is 14.9. The highest BCUT2D eigenvalue weighted by atomic mass is 79.9. The molecule has 1 amide bonds. The van der Waals surface area contributed by atoms with Crippen molar-refractivity contribution in [1.82, 2.24) is 3.89 Å². The normalized spacial score (nSPS) is 22.2. The van der Waals surface area contributed by atoms with Crippen LogP contribution in [0.4, 0.5) is 5.69 Å². The van der Waals surface area contributed by atoms with Crippen LogP contribution in [-0.2, 0) is 4.79 Å². The summed E-state index contributed by atoms with van der Waals surface area (Å²) in [5.41, 5.74) is 1.88.